The number of hydrogen-bond acceptors (Lipinski definition) is 4. The number of amides is 1. The topological polar surface area (TPSA) is 55.2 Å². The van der Waals surface area contributed by atoms with Crippen molar-refractivity contribution in [3.05, 3.63) is 28.1 Å². The second kappa shape index (κ2) is 6.67. The maximum atomic E-state index is 12.6. The zero-order chi connectivity index (χ0) is 16.5. The zero-order valence-electron chi connectivity index (χ0n) is 13.8. The van der Waals surface area contributed by atoms with Gasteiger partial charge in [-0.2, -0.15) is 0 Å². The number of carbonyl (C=O) groups is 1. The Labute approximate surface area is 145 Å². The van der Waals surface area contributed by atoms with Crippen LogP contribution in [-0.2, 0) is 11.3 Å². The lowest BCUT2D eigenvalue weighted by atomic mass is 9.75. The van der Waals surface area contributed by atoms with Crippen LogP contribution in [0, 0.1) is 11.8 Å². The minimum Gasteiger partial charge on any atom is -0.342 e. The molecule has 24 heavy (non-hydrogen) atoms. The first-order valence-electron chi connectivity index (χ1n) is 8.93. The van der Waals surface area contributed by atoms with E-state index in [0.717, 1.165) is 30.3 Å². The van der Waals surface area contributed by atoms with E-state index in [1.807, 2.05) is 16.3 Å². The number of piperidine rings is 1. The van der Waals surface area contributed by atoms with E-state index in [-0.39, 0.29) is 11.5 Å². The van der Waals surface area contributed by atoms with Crippen molar-refractivity contribution < 1.29 is 4.79 Å². The molecule has 0 N–H and O–H groups in total. The zero-order valence-corrected chi connectivity index (χ0v) is 14.6. The molecular formula is C18H23N3O2S. The van der Waals surface area contributed by atoms with Crippen molar-refractivity contribution in [3.8, 4) is 0 Å². The van der Waals surface area contributed by atoms with Gasteiger partial charge in [-0.05, 0) is 36.1 Å². The molecule has 2 atom stereocenters. The summed E-state index contributed by atoms with van der Waals surface area (Å²) >= 11 is 1.47. The Bertz CT molecular complexity index is 797. The van der Waals surface area contributed by atoms with E-state index >= 15 is 0 Å². The molecule has 1 saturated carbocycles. The Morgan fingerprint density at radius 3 is 2.96 bits per heavy atom. The van der Waals surface area contributed by atoms with Crippen LogP contribution in [0.4, 0.5) is 0 Å². The number of hydrogen-bond donors (Lipinski definition) is 0. The lowest BCUT2D eigenvalue weighted by molar-refractivity contribution is -0.134. The molecule has 2 aliphatic rings. The van der Waals surface area contributed by atoms with Crippen molar-refractivity contribution >= 4 is 27.5 Å². The van der Waals surface area contributed by atoms with Crippen molar-refractivity contribution in [2.45, 2.75) is 45.1 Å². The fourth-order valence-electron chi connectivity index (χ4n) is 4.25. The number of nitrogens with zero attached hydrogens (tertiary/aromatic N) is 3. The number of aryl methyl sites for hydroxylation is 1. The van der Waals surface area contributed by atoms with Crippen LogP contribution < -0.4 is 5.56 Å². The third-order valence-corrected chi connectivity index (χ3v) is 6.48. The summed E-state index contributed by atoms with van der Waals surface area (Å²) in [7, 11) is 0. The van der Waals surface area contributed by atoms with Crippen LogP contribution in [0.2, 0.25) is 0 Å². The molecule has 1 aliphatic heterocycles. The van der Waals surface area contributed by atoms with Crippen LogP contribution in [0.25, 0.3) is 10.2 Å². The van der Waals surface area contributed by atoms with Crippen LogP contribution in [-0.4, -0.2) is 33.4 Å². The van der Waals surface area contributed by atoms with Crippen LogP contribution in [0.3, 0.4) is 0 Å². The Balaban J connectivity index is 1.39. The highest BCUT2D eigenvalue weighted by Gasteiger charge is 2.32. The summed E-state index contributed by atoms with van der Waals surface area (Å²) in [6.45, 7) is 2.22. The van der Waals surface area contributed by atoms with Gasteiger partial charge in [-0.1, -0.05) is 19.3 Å². The highest BCUT2D eigenvalue weighted by Crippen LogP contribution is 2.36. The second-order valence-corrected chi connectivity index (χ2v) is 7.96. The fraction of sp³-hybridized carbons (Fsp3) is 0.611. The van der Waals surface area contributed by atoms with Crippen molar-refractivity contribution in [3.63, 3.8) is 0 Å². The normalized spacial score (nSPS) is 24.1. The van der Waals surface area contributed by atoms with Gasteiger partial charge in [-0.25, -0.2) is 4.98 Å². The monoisotopic (exact) mass is 345 g/mol. The van der Waals surface area contributed by atoms with E-state index in [2.05, 4.69) is 4.98 Å². The number of fused-ring (bicyclic) bond motifs is 2. The third-order valence-electron chi connectivity index (χ3n) is 5.66. The smallest absolute Gasteiger partial charge is 0.262 e. The molecule has 0 bridgehead atoms. The van der Waals surface area contributed by atoms with Gasteiger partial charge in [0.1, 0.15) is 4.83 Å². The van der Waals surface area contributed by atoms with E-state index in [0.29, 0.717) is 24.3 Å². The average molecular weight is 345 g/mol. The van der Waals surface area contributed by atoms with Crippen molar-refractivity contribution in [2.75, 3.05) is 13.1 Å². The summed E-state index contributed by atoms with van der Waals surface area (Å²) in [5.41, 5.74) is -0.0416. The molecule has 1 aliphatic carbocycles. The van der Waals surface area contributed by atoms with Gasteiger partial charge in [0.05, 0.1) is 11.7 Å². The summed E-state index contributed by atoms with van der Waals surface area (Å²) in [4.78, 5) is 32.0. The molecule has 1 amide bonds. The van der Waals surface area contributed by atoms with E-state index in [1.54, 1.807) is 10.9 Å². The molecule has 0 radical (unpaired) electrons. The molecule has 2 unspecified atom stereocenters. The van der Waals surface area contributed by atoms with Crippen LogP contribution in [0.1, 0.15) is 38.5 Å². The van der Waals surface area contributed by atoms with E-state index < -0.39 is 0 Å². The lowest BCUT2D eigenvalue weighted by Crippen LogP contribution is -2.45. The Kier molecular flexibility index (Phi) is 4.39. The van der Waals surface area contributed by atoms with E-state index in [1.165, 1.54) is 37.0 Å². The van der Waals surface area contributed by atoms with Gasteiger partial charge >= 0.3 is 0 Å². The first-order chi connectivity index (χ1) is 11.7. The number of carbonyl (C=O) groups excluding carboxylic acids is 1. The van der Waals surface area contributed by atoms with Gasteiger partial charge in [-0.15, -0.1) is 11.3 Å². The Morgan fingerprint density at radius 2 is 2.08 bits per heavy atom. The van der Waals surface area contributed by atoms with E-state index in [4.69, 9.17) is 0 Å². The second-order valence-electron chi connectivity index (χ2n) is 7.07. The molecule has 128 valence electrons. The molecule has 1 saturated heterocycles. The van der Waals surface area contributed by atoms with Gasteiger partial charge in [0, 0.05) is 26.1 Å². The molecule has 0 spiro atoms. The molecule has 0 aromatic carbocycles. The highest BCUT2D eigenvalue weighted by atomic mass is 32.1. The molecule has 2 aromatic heterocycles. The van der Waals surface area contributed by atoms with Crippen LogP contribution in [0.15, 0.2) is 22.6 Å². The summed E-state index contributed by atoms with van der Waals surface area (Å²) in [6.07, 6.45) is 8.39. The van der Waals surface area contributed by atoms with Crippen LogP contribution >= 0.6 is 11.3 Å². The largest absolute Gasteiger partial charge is 0.342 e. The van der Waals surface area contributed by atoms with Gasteiger partial charge in [0.2, 0.25) is 5.91 Å². The Morgan fingerprint density at radius 1 is 1.25 bits per heavy atom. The minimum absolute atomic E-state index is 0.0416. The van der Waals surface area contributed by atoms with Gasteiger partial charge in [0.15, 0.2) is 0 Å². The molecule has 6 heteroatoms. The average Bonchev–Trinajstić information content (AvgIpc) is 3.10. The fourth-order valence-corrected chi connectivity index (χ4v) is 4.98. The van der Waals surface area contributed by atoms with Crippen molar-refractivity contribution in [1.29, 1.82) is 0 Å². The van der Waals surface area contributed by atoms with Gasteiger partial charge < -0.3 is 4.90 Å². The molecule has 3 heterocycles. The maximum absolute atomic E-state index is 12.6. The first kappa shape index (κ1) is 15.8. The first-order valence-corrected chi connectivity index (χ1v) is 9.81. The summed E-state index contributed by atoms with van der Waals surface area (Å²) in [5.74, 6) is 1.70. The molecular weight excluding hydrogens is 322 g/mol. The third kappa shape index (κ3) is 2.99. The maximum Gasteiger partial charge on any atom is 0.262 e. The predicted octanol–water partition coefficient (Wildman–Crippen LogP) is 2.89. The Hall–Kier alpha value is -1.69. The highest BCUT2D eigenvalue weighted by molar-refractivity contribution is 7.16. The summed E-state index contributed by atoms with van der Waals surface area (Å²) in [6, 6.07) is 1.81. The number of aromatic nitrogens is 2. The quantitative estimate of drug-likeness (QED) is 0.859. The lowest BCUT2D eigenvalue weighted by Gasteiger charge is -2.41. The van der Waals surface area contributed by atoms with E-state index in [9.17, 15) is 9.59 Å². The van der Waals surface area contributed by atoms with Crippen molar-refractivity contribution in [2.24, 2.45) is 11.8 Å². The molecule has 4 rings (SSSR count). The number of rotatable bonds is 3. The summed E-state index contributed by atoms with van der Waals surface area (Å²) < 4.78 is 1.57. The SMILES string of the molecule is O=C(CCn1cnc2sccc2c1=O)N1CCC2CCCCC2C1. The molecule has 5 nitrogen and oxygen atoms in total. The van der Waals surface area contributed by atoms with Gasteiger partial charge in [0.25, 0.3) is 5.56 Å². The number of likely N-dealkylation sites (tertiary alicyclic amines) is 1. The molecule has 2 aromatic rings. The number of thiophene rings is 1. The standard InChI is InChI=1S/C18H23N3O2S/c22-16(20-8-5-13-3-1-2-4-14(13)11-20)6-9-21-12-19-17-15(18(21)23)7-10-24-17/h7,10,12-14H,1-6,8-9,11H2. The van der Waals surface area contributed by atoms with Gasteiger partial charge in [-0.3, -0.25) is 14.2 Å². The predicted molar refractivity (Wildman–Crippen MR) is 95.1 cm³/mol. The summed E-state index contributed by atoms with van der Waals surface area (Å²) in [5, 5.41) is 2.53. The van der Waals surface area contributed by atoms with Crippen LogP contribution in [0.5, 0.6) is 0 Å². The minimum atomic E-state index is -0.0416. The molecule has 2 fully saturated rings. The van der Waals surface area contributed by atoms with Crippen molar-refractivity contribution in [1.82, 2.24) is 14.5 Å².